The summed E-state index contributed by atoms with van der Waals surface area (Å²) in [5.74, 6) is 1.01. The summed E-state index contributed by atoms with van der Waals surface area (Å²) in [7, 11) is -3.46. The minimum Gasteiger partial charge on any atom is -0.307 e. The third-order valence-corrected chi connectivity index (χ3v) is 7.33. The lowest BCUT2D eigenvalue weighted by Gasteiger charge is -2.16. The molecule has 1 aromatic carbocycles. The fourth-order valence-corrected chi connectivity index (χ4v) is 5.08. The van der Waals surface area contributed by atoms with Crippen LogP contribution in [0.1, 0.15) is 49.0 Å². The smallest absolute Gasteiger partial charge is 0.256 e. The monoisotopic (exact) mass is 388 g/mol. The van der Waals surface area contributed by atoms with Gasteiger partial charge in [-0.1, -0.05) is 0 Å². The quantitative estimate of drug-likeness (QED) is 0.825. The molecule has 7 nitrogen and oxygen atoms in total. The van der Waals surface area contributed by atoms with E-state index in [9.17, 15) is 13.2 Å². The van der Waals surface area contributed by atoms with Crippen LogP contribution < -0.4 is 5.32 Å². The summed E-state index contributed by atoms with van der Waals surface area (Å²) in [6.07, 6.45) is 5.86. The van der Waals surface area contributed by atoms with Gasteiger partial charge in [0.25, 0.3) is 5.91 Å². The molecule has 1 unspecified atom stereocenters. The second-order valence-electron chi connectivity index (χ2n) is 7.33. The number of sulfonamides is 1. The van der Waals surface area contributed by atoms with E-state index in [-0.39, 0.29) is 16.8 Å². The zero-order valence-electron chi connectivity index (χ0n) is 15.3. The lowest BCUT2D eigenvalue weighted by molar-refractivity contribution is 0.102. The first-order valence-electron chi connectivity index (χ1n) is 9.42. The van der Waals surface area contributed by atoms with Crippen molar-refractivity contribution in [2.45, 2.75) is 43.5 Å². The van der Waals surface area contributed by atoms with Crippen LogP contribution in [-0.4, -0.2) is 41.5 Å². The Morgan fingerprint density at radius 3 is 2.44 bits per heavy atom. The van der Waals surface area contributed by atoms with Gasteiger partial charge in [0, 0.05) is 24.7 Å². The van der Waals surface area contributed by atoms with Crippen LogP contribution in [0, 0.1) is 5.92 Å². The molecule has 0 spiro atoms. The maximum atomic E-state index is 12.6. The number of anilines is 1. The molecule has 1 atom stereocenters. The fraction of sp³-hybridized carbons (Fsp3) is 0.474. The molecule has 144 valence electrons. The molecule has 4 rings (SSSR count). The fourth-order valence-electron chi connectivity index (χ4n) is 3.56. The number of hydrogen-bond acceptors (Lipinski definition) is 4. The molecular formula is C19H24N4O3S. The Bertz CT molecular complexity index is 926. The summed E-state index contributed by atoms with van der Waals surface area (Å²) < 4.78 is 28.5. The molecule has 8 heteroatoms. The van der Waals surface area contributed by atoms with Gasteiger partial charge in [0.05, 0.1) is 17.1 Å². The minimum atomic E-state index is -3.46. The zero-order valence-corrected chi connectivity index (χ0v) is 16.2. The van der Waals surface area contributed by atoms with Gasteiger partial charge in [0.2, 0.25) is 10.0 Å². The van der Waals surface area contributed by atoms with E-state index in [2.05, 4.69) is 17.3 Å². The third kappa shape index (κ3) is 3.64. The van der Waals surface area contributed by atoms with Gasteiger partial charge >= 0.3 is 0 Å². The standard InChI is InChI=1S/C19H24N4O3S/c1-14(15-4-5-15)23-18(10-11-20-23)21-19(24)16-6-8-17(9-7-16)27(25,26)22-12-2-3-13-22/h6-11,14-15H,2-5,12-13H2,1H3,(H,21,24). The molecule has 1 aliphatic heterocycles. The van der Waals surface area contributed by atoms with E-state index in [0.717, 1.165) is 12.8 Å². The lowest BCUT2D eigenvalue weighted by Crippen LogP contribution is -2.27. The average molecular weight is 388 g/mol. The number of amides is 1. The number of aromatic nitrogens is 2. The van der Waals surface area contributed by atoms with Crippen molar-refractivity contribution in [2.75, 3.05) is 18.4 Å². The second kappa shape index (κ2) is 7.09. The molecule has 1 saturated carbocycles. The molecule has 1 amide bonds. The van der Waals surface area contributed by atoms with Crippen molar-refractivity contribution in [1.82, 2.24) is 14.1 Å². The predicted molar refractivity (Wildman–Crippen MR) is 102 cm³/mol. The van der Waals surface area contributed by atoms with Gasteiger partial charge in [-0.25, -0.2) is 13.1 Å². The highest BCUT2D eigenvalue weighted by molar-refractivity contribution is 7.89. The average Bonchev–Trinajstić information content (AvgIpc) is 3.16. The zero-order chi connectivity index (χ0) is 19.0. The van der Waals surface area contributed by atoms with Crippen molar-refractivity contribution >= 4 is 21.7 Å². The molecule has 1 N–H and O–H groups in total. The van der Waals surface area contributed by atoms with Gasteiger partial charge in [-0.2, -0.15) is 9.40 Å². The van der Waals surface area contributed by atoms with Crippen LogP contribution in [0.2, 0.25) is 0 Å². The Hall–Kier alpha value is -2.19. The number of carbonyl (C=O) groups is 1. The highest BCUT2D eigenvalue weighted by Crippen LogP contribution is 2.40. The molecule has 2 aliphatic rings. The molecule has 2 fully saturated rings. The first-order valence-corrected chi connectivity index (χ1v) is 10.9. The summed E-state index contributed by atoms with van der Waals surface area (Å²) in [4.78, 5) is 12.8. The van der Waals surface area contributed by atoms with Crippen LogP contribution in [-0.2, 0) is 10.0 Å². The summed E-state index contributed by atoms with van der Waals surface area (Å²) in [5.41, 5.74) is 0.419. The Kier molecular flexibility index (Phi) is 4.77. The van der Waals surface area contributed by atoms with E-state index in [1.807, 2.05) is 4.68 Å². The molecule has 1 saturated heterocycles. The van der Waals surface area contributed by atoms with E-state index in [1.54, 1.807) is 24.4 Å². The van der Waals surface area contributed by atoms with E-state index in [0.29, 0.717) is 30.4 Å². The normalized spacial score (nSPS) is 19.1. The number of nitrogens with one attached hydrogen (secondary N) is 1. The maximum absolute atomic E-state index is 12.6. The van der Waals surface area contributed by atoms with Crippen molar-refractivity contribution in [1.29, 1.82) is 0 Å². The molecule has 1 aromatic heterocycles. The van der Waals surface area contributed by atoms with Crippen LogP contribution in [0.3, 0.4) is 0 Å². The topological polar surface area (TPSA) is 84.3 Å². The third-order valence-electron chi connectivity index (χ3n) is 5.42. The van der Waals surface area contributed by atoms with Gasteiger partial charge in [0.1, 0.15) is 5.82 Å². The summed E-state index contributed by atoms with van der Waals surface area (Å²) >= 11 is 0. The van der Waals surface area contributed by atoms with Gasteiger partial charge in [-0.3, -0.25) is 4.79 Å². The predicted octanol–water partition coefficient (Wildman–Crippen LogP) is 2.89. The Morgan fingerprint density at radius 2 is 1.81 bits per heavy atom. The molecular weight excluding hydrogens is 364 g/mol. The second-order valence-corrected chi connectivity index (χ2v) is 9.27. The first kappa shape index (κ1) is 18.2. The van der Waals surface area contributed by atoms with Crippen LogP contribution in [0.15, 0.2) is 41.4 Å². The van der Waals surface area contributed by atoms with Gasteiger partial charge < -0.3 is 5.32 Å². The summed E-state index contributed by atoms with van der Waals surface area (Å²) in [6.45, 7) is 3.24. The Balaban J connectivity index is 1.48. The Morgan fingerprint density at radius 1 is 1.15 bits per heavy atom. The van der Waals surface area contributed by atoms with Crippen molar-refractivity contribution < 1.29 is 13.2 Å². The van der Waals surface area contributed by atoms with E-state index < -0.39 is 10.0 Å². The van der Waals surface area contributed by atoms with Crippen molar-refractivity contribution in [2.24, 2.45) is 5.92 Å². The number of rotatable bonds is 6. The van der Waals surface area contributed by atoms with Gasteiger partial charge in [0.15, 0.2) is 0 Å². The van der Waals surface area contributed by atoms with Gasteiger partial charge in [-0.15, -0.1) is 0 Å². The number of hydrogen-bond donors (Lipinski definition) is 1. The minimum absolute atomic E-state index is 0.230. The highest BCUT2D eigenvalue weighted by atomic mass is 32.2. The first-order chi connectivity index (χ1) is 13.0. The van der Waals surface area contributed by atoms with E-state index in [1.165, 1.54) is 29.3 Å². The number of carbonyl (C=O) groups excluding carboxylic acids is 1. The van der Waals surface area contributed by atoms with Crippen LogP contribution >= 0.6 is 0 Å². The number of benzene rings is 1. The summed E-state index contributed by atoms with van der Waals surface area (Å²) in [6, 6.07) is 8.16. The maximum Gasteiger partial charge on any atom is 0.256 e. The SMILES string of the molecule is CC(C1CC1)n1nccc1NC(=O)c1ccc(S(=O)(=O)N2CCCC2)cc1. The summed E-state index contributed by atoms with van der Waals surface area (Å²) in [5, 5.41) is 7.22. The van der Waals surface area contributed by atoms with Crippen LogP contribution in [0.5, 0.6) is 0 Å². The van der Waals surface area contributed by atoms with Crippen molar-refractivity contribution in [3.63, 3.8) is 0 Å². The highest BCUT2D eigenvalue weighted by Gasteiger charge is 2.31. The van der Waals surface area contributed by atoms with Crippen LogP contribution in [0.25, 0.3) is 0 Å². The largest absolute Gasteiger partial charge is 0.307 e. The number of nitrogens with zero attached hydrogens (tertiary/aromatic N) is 3. The molecule has 0 bridgehead atoms. The van der Waals surface area contributed by atoms with Crippen molar-refractivity contribution in [3.05, 3.63) is 42.1 Å². The lowest BCUT2D eigenvalue weighted by atomic mass is 10.2. The van der Waals surface area contributed by atoms with E-state index >= 15 is 0 Å². The van der Waals surface area contributed by atoms with Crippen LogP contribution in [0.4, 0.5) is 5.82 Å². The molecule has 27 heavy (non-hydrogen) atoms. The van der Waals surface area contributed by atoms with Gasteiger partial charge in [-0.05, 0) is 62.8 Å². The Labute approximate surface area is 159 Å². The van der Waals surface area contributed by atoms with E-state index in [4.69, 9.17) is 0 Å². The van der Waals surface area contributed by atoms with Crippen molar-refractivity contribution in [3.8, 4) is 0 Å². The molecule has 2 heterocycles. The molecule has 2 aromatic rings. The molecule has 1 aliphatic carbocycles. The molecule has 0 radical (unpaired) electrons.